The Morgan fingerprint density at radius 2 is 0.909 bits per heavy atom. The Morgan fingerprint density at radius 3 is 1.09 bits per heavy atom. The Bertz CT molecular complexity index is 1140. The Hall–Kier alpha value is -2.36. The molecule has 0 fully saturated rings. The molecule has 1 heterocycles. The molecule has 0 saturated heterocycles. The van der Waals surface area contributed by atoms with Crippen molar-refractivity contribution in [3.8, 4) is 0 Å². The van der Waals surface area contributed by atoms with Crippen molar-refractivity contribution in [2.75, 3.05) is 42.4 Å². The number of nitrogens with zero attached hydrogens (tertiary/aromatic N) is 5. The van der Waals surface area contributed by atoms with E-state index in [0.29, 0.717) is 14.5 Å². The van der Waals surface area contributed by atoms with Gasteiger partial charge in [-0.3, -0.25) is 0 Å². The number of pyridine rings is 1. The van der Waals surface area contributed by atoms with Gasteiger partial charge in [0.25, 0.3) is 0 Å². The third-order valence-corrected chi connectivity index (χ3v) is 8.43. The minimum atomic E-state index is -0.446. The number of rotatable bonds is 4. The summed E-state index contributed by atoms with van der Waals surface area (Å²) >= 11 is 18.2. The molecule has 7 nitrogen and oxygen atoms in total. The molecule has 2 N–H and O–H groups in total. The molecule has 0 atom stereocenters. The molecule has 0 unspecified atom stereocenters. The predicted molar refractivity (Wildman–Crippen MR) is 198 cm³/mol. The molecule has 13 heteroatoms. The van der Waals surface area contributed by atoms with Crippen LogP contribution < -0.4 is 15.9 Å². The normalized spacial score (nSPS) is 8.48. The van der Waals surface area contributed by atoms with E-state index < -0.39 is 7.92 Å². The molecule has 44 heavy (non-hydrogen) atoms. The molecular formula is C31H39N5O2PReS4-3. The van der Waals surface area contributed by atoms with Crippen LogP contribution in [0.1, 0.15) is 0 Å². The fourth-order valence-electron chi connectivity index (χ4n) is 2.59. The van der Waals surface area contributed by atoms with E-state index in [-0.39, 0.29) is 20.4 Å². The van der Waals surface area contributed by atoms with Crippen LogP contribution in [0.3, 0.4) is 0 Å². The van der Waals surface area contributed by atoms with Crippen molar-refractivity contribution in [1.29, 1.82) is 0 Å². The number of hydrogen-bond acceptors (Lipinski definition) is 8. The quantitative estimate of drug-likeness (QED) is 0.125. The number of thiocarbonyl (C=S) groups is 2. The van der Waals surface area contributed by atoms with Crippen molar-refractivity contribution in [3.05, 3.63) is 121 Å². The van der Waals surface area contributed by atoms with Crippen molar-refractivity contribution >= 4 is 88.0 Å². The van der Waals surface area contributed by atoms with Crippen LogP contribution in [0.5, 0.6) is 0 Å². The van der Waals surface area contributed by atoms with Crippen molar-refractivity contribution in [2.45, 2.75) is 0 Å². The number of aliphatic hydroxyl groups excluding tert-OH is 2. The summed E-state index contributed by atoms with van der Waals surface area (Å²) in [5, 5.41) is 21.1. The second-order valence-corrected chi connectivity index (χ2v) is 12.2. The molecule has 4 aromatic rings. The summed E-state index contributed by atoms with van der Waals surface area (Å²) in [5.41, 5.74) is 8.10. The summed E-state index contributed by atoms with van der Waals surface area (Å²) in [5.74, 6) is 0.340. The van der Waals surface area contributed by atoms with E-state index in [1.54, 1.807) is 34.2 Å². The monoisotopic (exact) mass is 859 g/mol. The maximum atomic E-state index is 8.10. The van der Waals surface area contributed by atoms with Crippen LogP contribution in [0.15, 0.2) is 121 Å². The average molecular weight is 859 g/mol. The molecule has 3 aromatic carbocycles. The van der Waals surface area contributed by atoms with E-state index >= 15 is 0 Å². The van der Waals surface area contributed by atoms with E-state index in [4.69, 9.17) is 15.7 Å². The summed E-state index contributed by atoms with van der Waals surface area (Å²) in [6.45, 7) is 0. The standard InChI is InChI=1S/C18H15P.C5H4N3.2C3H7NS2.2CH4O.Re/c1-4-10-16(11-5-1)19(17-12-6-2-7-13-17)18-14-8-3-9-15-18;6-8-5-3-1-2-4-7-5;2*1-4(2)3(5)6;2*1-2;/h1-15H;1-4H;2*1-2H3,(H,5,6);2*2H,1H3;/q;-1;;;;;/p-2. The molecule has 0 spiro atoms. The largest absolute Gasteiger partial charge is 0.705 e. The molecule has 1 radical (unpaired) electrons. The molecular weight excluding hydrogens is 820 g/mol. The van der Waals surface area contributed by atoms with E-state index in [2.05, 4.69) is 151 Å². The van der Waals surface area contributed by atoms with E-state index in [1.165, 1.54) is 15.9 Å². The fraction of sp³-hybridized carbons (Fsp3) is 0.194. The van der Waals surface area contributed by atoms with Crippen molar-refractivity contribution in [3.63, 3.8) is 0 Å². The van der Waals surface area contributed by atoms with Gasteiger partial charge in [0.05, 0.1) is 0 Å². The number of aliphatic hydroxyl groups is 2. The first-order chi connectivity index (χ1) is 20.7. The van der Waals surface area contributed by atoms with Gasteiger partial charge >= 0.3 is 0 Å². The number of aromatic nitrogens is 1. The Balaban J connectivity index is -0.000000563. The minimum absolute atomic E-state index is 0. The van der Waals surface area contributed by atoms with Crippen LogP contribution in [0, 0.1) is 0 Å². The summed E-state index contributed by atoms with van der Waals surface area (Å²) in [4.78, 5) is 7.11. The molecule has 4 rings (SSSR count). The minimum Gasteiger partial charge on any atom is -0.705 e. The SMILES string of the molecule is CN(C)C(=S)[S-].CN(C)C(=S)[S-].CO.CO.[N-]=Nc1ccccn1.[Re].c1ccc(P(c2ccccc2)c2ccccc2)cc1. The van der Waals surface area contributed by atoms with Gasteiger partial charge in [0.15, 0.2) is 0 Å². The van der Waals surface area contributed by atoms with Gasteiger partial charge in [-0.15, -0.1) is 0 Å². The van der Waals surface area contributed by atoms with Crippen LogP contribution in [0.2, 0.25) is 0 Å². The Kier molecular flexibility index (Phi) is 32.1. The summed E-state index contributed by atoms with van der Waals surface area (Å²) < 4.78 is 1.02. The first kappa shape index (κ1) is 46.1. The topological polar surface area (TPSA) is 94.5 Å². The summed E-state index contributed by atoms with van der Waals surface area (Å²) in [6.07, 6.45) is 1.56. The number of benzene rings is 3. The smallest absolute Gasteiger partial charge is 0.131 e. The van der Waals surface area contributed by atoms with Crippen LogP contribution in [-0.4, -0.2) is 76.0 Å². The fourth-order valence-corrected chi connectivity index (χ4v) is 4.90. The summed E-state index contributed by atoms with van der Waals surface area (Å²) in [6, 6.07) is 37.4. The van der Waals surface area contributed by atoms with Crippen molar-refractivity contribution in [2.24, 2.45) is 5.11 Å². The molecule has 0 aliphatic heterocycles. The van der Waals surface area contributed by atoms with Crippen LogP contribution in [0.25, 0.3) is 5.53 Å². The number of hydrogen-bond donors (Lipinski definition) is 2. The van der Waals surface area contributed by atoms with Gasteiger partial charge in [0, 0.05) is 69.0 Å². The zero-order valence-electron chi connectivity index (χ0n) is 25.6. The zero-order valence-corrected chi connectivity index (χ0v) is 32.4. The Labute approximate surface area is 299 Å². The van der Waals surface area contributed by atoms with E-state index in [9.17, 15) is 0 Å². The van der Waals surface area contributed by atoms with Gasteiger partial charge in [0.1, 0.15) is 5.82 Å². The van der Waals surface area contributed by atoms with Crippen molar-refractivity contribution in [1.82, 2.24) is 14.8 Å². The van der Waals surface area contributed by atoms with Crippen LogP contribution in [0.4, 0.5) is 5.82 Å². The average Bonchev–Trinajstić information content (AvgIpc) is 3.06. The van der Waals surface area contributed by atoms with Gasteiger partial charge in [-0.2, -0.15) is 0 Å². The van der Waals surface area contributed by atoms with E-state index in [1.807, 2.05) is 28.2 Å². The van der Waals surface area contributed by atoms with Gasteiger partial charge in [-0.25, -0.2) is 4.98 Å². The van der Waals surface area contributed by atoms with Gasteiger partial charge in [0.2, 0.25) is 0 Å². The first-order valence-corrected chi connectivity index (χ1v) is 15.5. The molecule has 0 aliphatic rings. The molecule has 239 valence electrons. The maximum Gasteiger partial charge on any atom is 0.131 e. The second kappa shape index (κ2) is 30.7. The van der Waals surface area contributed by atoms with Gasteiger partial charge in [-0.05, 0) is 36.0 Å². The van der Waals surface area contributed by atoms with Crippen molar-refractivity contribution < 1.29 is 30.6 Å². The maximum absolute atomic E-state index is 8.10. The molecule has 0 amide bonds. The second-order valence-electron chi connectivity index (χ2n) is 7.95. The van der Waals surface area contributed by atoms with Gasteiger partial charge in [-0.1, -0.05) is 106 Å². The molecule has 0 aliphatic carbocycles. The third kappa shape index (κ3) is 22.2. The molecule has 0 saturated carbocycles. The van der Waals surface area contributed by atoms with Crippen LogP contribution in [-0.2, 0) is 45.7 Å². The molecule has 1 aromatic heterocycles. The summed E-state index contributed by atoms with van der Waals surface area (Å²) in [7, 11) is 8.87. The van der Waals surface area contributed by atoms with E-state index in [0.717, 1.165) is 14.2 Å². The molecule has 0 bridgehead atoms. The zero-order chi connectivity index (χ0) is 33.0. The van der Waals surface area contributed by atoms with Crippen LogP contribution >= 0.6 is 32.4 Å². The van der Waals surface area contributed by atoms with Gasteiger partial charge < -0.3 is 80.4 Å². The predicted octanol–water partition coefficient (Wildman–Crippen LogP) is 5.15. The third-order valence-electron chi connectivity index (χ3n) is 4.53. The Morgan fingerprint density at radius 1 is 0.636 bits per heavy atom. The first-order valence-electron chi connectivity index (χ1n) is 12.5.